The fourth-order valence-corrected chi connectivity index (χ4v) is 1.02. The molecule has 0 amide bonds. The van der Waals surface area contributed by atoms with E-state index in [1.165, 1.54) is 0 Å². The summed E-state index contributed by atoms with van der Waals surface area (Å²) in [6.07, 6.45) is 3.57. The van der Waals surface area contributed by atoms with Crippen LogP contribution in [0, 0.1) is 0 Å². The van der Waals surface area contributed by atoms with Gasteiger partial charge in [-0.2, -0.15) is 0 Å². The van der Waals surface area contributed by atoms with Gasteiger partial charge in [-0.15, -0.1) is 0 Å². The molecular formula is C9H10N2. The smallest absolute Gasteiger partial charge is 0.137 e. The normalized spacial score (nSPS) is 9.82. The van der Waals surface area contributed by atoms with Gasteiger partial charge in [0.15, 0.2) is 0 Å². The number of benzene rings is 1. The molecule has 1 aromatic carbocycles. The zero-order valence-electron chi connectivity index (χ0n) is 5.99. The molecule has 56 valence electrons. The topological polar surface area (TPSA) is 28.7 Å². The van der Waals surface area contributed by atoms with Crippen LogP contribution in [0.1, 0.15) is 1.43 Å². The Morgan fingerprint density at radius 1 is 1.18 bits per heavy atom. The number of hydrogen-bond acceptors (Lipinski definition) is 1. The number of nitrogens with zero attached hydrogens (tertiary/aromatic N) is 1. The summed E-state index contributed by atoms with van der Waals surface area (Å²) in [6, 6.07) is 10.0. The first kappa shape index (κ1) is 6.16. The fraction of sp³-hybridized carbons (Fsp3) is 0. The van der Waals surface area contributed by atoms with Crippen molar-refractivity contribution in [3.05, 3.63) is 42.7 Å². The summed E-state index contributed by atoms with van der Waals surface area (Å²) in [5.41, 5.74) is 1.12. The molecule has 0 unspecified atom stereocenters. The number of nitrogens with one attached hydrogen (secondary N) is 1. The summed E-state index contributed by atoms with van der Waals surface area (Å²) in [5, 5.41) is 0. The van der Waals surface area contributed by atoms with Crippen LogP contribution >= 0.6 is 0 Å². The van der Waals surface area contributed by atoms with Crippen LogP contribution in [0.15, 0.2) is 42.7 Å². The molecule has 1 aromatic heterocycles. The van der Waals surface area contributed by atoms with Crippen LogP contribution in [0.25, 0.3) is 11.4 Å². The lowest BCUT2D eigenvalue weighted by Crippen LogP contribution is -1.77. The lowest BCUT2D eigenvalue weighted by molar-refractivity contribution is 1.31. The Hall–Kier alpha value is -1.57. The Bertz CT molecular complexity index is 316. The van der Waals surface area contributed by atoms with Gasteiger partial charge in [0.05, 0.1) is 0 Å². The van der Waals surface area contributed by atoms with Crippen molar-refractivity contribution in [2.75, 3.05) is 0 Å². The van der Waals surface area contributed by atoms with E-state index in [0.717, 1.165) is 11.4 Å². The van der Waals surface area contributed by atoms with Crippen molar-refractivity contribution in [1.82, 2.24) is 9.97 Å². The molecule has 0 radical (unpaired) electrons. The summed E-state index contributed by atoms with van der Waals surface area (Å²) in [6.45, 7) is 0. The summed E-state index contributed by atoms with van der Waals surface area (Å²) >= 11 is 0. The Kier molecular flexibility index (Phi) is 1.44. The molecule has 0 bridgehead atoms. The first-order valence-electron chi connectivity index (χ1n) is 3.51. The number of H-pyrrole nitrogens is 1. The van der Waals surface area contributed by atoms with Crippen molar-refractivity contribution in [1.29, 1.82) is 0 Å². The highest BCUT2D eigenvalue weighted by molar-refractivity contribution is 5.53. The van der Waals surface area contributed by atoms with Crippen LogP contribution in [-0.4, -0.2) is 9.97 Å². The van der Waals surface area contributed by atoms with Crippen LogP contribution in [0.2, 0.25) is 0 Å². The minimum atomic E-state index is 0. The van der Waals surface area contributed by atoms with Crippen LogP contribution in [0.4, 0.5) is 0 Å². The van der Waals surface area contributed by atoms with Crippen LogP contribution in [0.3, 0.4) is 0 Å². The zero-order valence-corrected chi connectivity index (χ0v) is 5.99. The average Bonchev–Trinajstić information content (AvgIpc) is 2.58. The quantitative estimate of drug-likeness (QED) is 0.657. The highest BCUT2D eigenvalue weighted by atomic mass is 14.9. The molecule has 2 heteroatoms. The lowest BCUT2D eigenvalue weighted by atomic mass is 10.2. The van der Waals surface area contributed by atoms with Crippen molar-refractivity contribution >= 4 is 0 Å². The van der Waals surface area contributed by atoms with E-state index in [-0.39, 0.29) is 1.43 Å². The maximum absolute atomic E-state index is 4.13. The van der Waals surface area contributed by atoms with E-state index in [1.54, 1.807) is 6.20 Å². The molecule has 2 rings (SSSR count). The van der Waals surface area contributed by atoms with Crippen LogP contribution in [0.5, 0.6) is 0 Å². The number of imidazole rings is 1. The first-order valence-corrected chi connectivity index (χ1v) is 3.51. The van der Waals surface area contributed by atoms with Crippen molar-refractivity contribution in [2.45, 2.75) is 0 Å². The first-order chi connectivity index (χ1) is 5.47. The van der Waals surface area contributed by atoms with E-state index in [0.29, 0.717) is 0 Å². The Morgan fingerprint density at radius 2 is 2.00 bits per heavy atom. The molecule has 0 aliphatic carbocycles. The van der Waals surface area contributed by atoms with Gasteiger partial charge in [-0.25, -0.2) is 4.98 Å². The van der Waals surface area contributed by atoms with Crippen molar-refractivity contribution in [2.24, 2.45) is 0 Å². The summed E-state index contributed by atoms with van der Waals surface area (Å²) < 4.78 is 0. The van der Waals surface area contributed by atoms with E-state index >= 15 is 0 Å². The fourth-order valence-electron chi connectivity index (χ4n) is 1.02. The van der Waals surface area contributed by atoms with E-state index < -0.39 is 0 Å². The molecule has 2 nitrogen and oxygen atoms in total. The summed E-state index contributed by atoms with van der Waals surface area (Å²) in [4.78, 5) is 7.17. The molecule has 11 heavy (non-hydrogen) atoms. The van der Waals surface area contributed by atoms with Crippen LogP contribution < -0.4 is 0 Å². The molecule has 0 spiro atoms. The standard InChI is InChI=1S/C9H8N2.H2/c1-2-4-8(5-3-1)9-10-6-7-11-9;/h1-7H,(H,10,11);1H. The molecule has 2 aromatic rings. The summed E-state index contributed by atoms with van der Waals surface area (Å²) in [5.74, 6) is 0.922. The molecule has 0 aliphatic rings. The Labute approximate surface area is 66.4 Å². The largest absolute Gasteiger partial charge is 0.345 e. The van der Waals surface area contributed by atoms with E-state index in [4.69, 9.17) is 0 Å². The summed E-state index contributed by atoms with van der Waals surface area (Å²) in [7, 11) is 0. The van der Waals surface area contributed by atoms with Crippen molar-refractivity contribution < 1.29 is 1.43 Å². The SMILES string of the molecule is [HH].c1ccc(-c2ncc[nH]2)cc1. The molecule has 1 N–H and O–H groups in total. The van der Waals surface area contributed by atoms with E-state index in [2.05, 4.69) is 9.97 Å². The van der Waals surface area contributed by atoms with Crippen molar-refractivity contribution in [3.8, 4) is 11.4 Å². The minimum Gasteiger partial charge on any atom is -0.345 e. The molecule has 0 atom stereocenters. The monoisotopic (exact) mass is 146 g/mol. The Balaban J connectivity index is 0.000000720. The highest BCUT2D eigenvalue weighted by Gasteiger charge is 1.94. The van der Waals surface area contributed by atoms with Gasteiger partial charge in [0.2, 0.25) is 0 Å². The maximum Gasteiger partial charge on any atom is 0.137 e. The zero-order chi connectivity index (χ0) is 7.52. The van der Waals surface area contributed by atoms with Gasteiger partial charge >= 0.3 is 0 Å². The minimum absolute atomic E-state index is 0. The van der Waals surface area contributed by atoms with Gasteiger partial charge < -0.3 is 4.98 Å². The third-order valence-corrected chi connectivity index (χ3v) is 1.55. The Morgan fingerprint density at radius 3 is 2.64 bits per heavy atom. The predicted octanol–water partition coefficient (Wildman–Crippen LogP) is 2.32. The number of aromatic nitrogens is 2. The second-order valence-corrected chi connectivity index (χ2v) is 2.30. The lowest BCUT2D eigenvalue weighted by Gasteiger charge is -1.92. The van der Waals surface area contributed by atoms with E-state index in [9.17, 15) is 0 Å². The molecular weight excluding hydrogens is 136 g/mol. The van der Waals surface area contributed by atoms with Crippen molar-refractivity contribution in [3.63, 3.8) is 0 Å². The molecule has 0 saturated heterocycles. The van der Waals surface area contributed by atoms with Gasteiger partial charge in [0.1, 0.15) is 5.82 Å². The predicted molar refractivity (Wildman–Crippen MR) is 46.1 cm³/mol. The maximum atomic E-state index is 4.13. The third kappa shape index (κ3) is 1.15. The van der Waals surface area contributed by atoms with Gasteiger partial charge in [-0.05, 0) is 0 Å². The highest BCUT2D eigenvalue weighted by Crippen LogP contribution is 2.11. The number of rotatable bonds is 1. The van der Waals surface area contributed by atoms with Gasteiger partial charge in [-0.1, -0.05) is 30.3 Å². The third-order valence-electron chi connectivity index (χ3n) is 1.55. The molecule has 0 aliphatic heterocycles. The molecule has 0 saturated carbocycles. The van der Waals surface area contributed by atoms with Gasteiger partial charge in [-0.3, -0.25) is 0 Å². The second kappa shape index (κ2) is 2.58. The second-order valence-electron chi connectivity index (χ2n) is 2.30. The molecule has 0 fully saturated rings. The number of aromatic amines is 1. The average molecular weight is 146 g/mol. The van der Waals surface area contributed by atoms with Gasteiger partial charge in [0.25, 0.3) is 0 Å². The van der Waals surface area contributed by atoms with Gasteiger partial charge in [0, 0.05) is 19.4 Å². The van der Waals surface area contributed by atoms with Crippen LogP contribution in [-0.2, 0) is 0 Å². The molecule has 1 heterocycles. The number of hydrogen-bond donors (Lipinski definition) is 1. The van der Waals surface area contributed by atoms with E-state index in [1.807, 2.05) is 36.5 Å².